The zero-order valence-electron chi connectivity index (χ0n) is 16.9. The molecule has 4 heterocycles. The Morgan fingerprint density at radius 3 is 2.83 bits per heavy atom. The van der Waals surface area contributed by atoms with Crippen molar-refractivity contribution in [2.45, 2.75) is 44.2 Å². The standard InChI is InChI=1S/C22H27N3O4/c1-3-13-7-8-15-14(12-13)22(21(28)23-15)18-17(16-6-4-10-25(16)22)19(26)24(20(18)27)9-5-11-29-2/h7-8,12,16-18H,3-6,9-11H2,1-2H3,(H,23,28). The largest absolute Gasteiger partial charge is 0.385 e. The average molecular weight is 397 g/mol. The molecule has 4 aliphatic heterocycles. The number of benzene rings is 1. The second-order valence-electron chi connectivity index (χ2n) is 8.53. The smallest absolute Gasteiger partial charge is 0.250 e. The molecule has 7 nitrogen and oxygen atoms in total. The minimum absolute atomic E-state index is 0.0501. The van der Waals surface area contributed by atoms with Crippen molar-refractivity contribution in [3.63, 3.8) is 0 Å². The van der Waals surface area contributed by atoms with E-state index in [1.54, 1.807) is 7.11 Å². The molecule has 5 rings (SSSR count). The molecule has 1 aromatic carbocycles. The minimum Gasteiger partial charge on any atom is -0.385 e. The maximum Gasteiger partial charge on any atom is 0.250 e. The zero-order chi connectivity index (χ0) is 20.3. The summed E-state index contributed by atoms with van der Waals surface area (Å²) in [6.07, 6.45) is 3.25. The van der Waals surface area contributed by atoms with Crippen molar-refractivity contribution in [3.05, 3.63) is 29.3 Å². The van der Waals surface area contributed by atoms with Crippen molar-refractivity contribution in [2.24, 2.45) is 11.8 Å². The number of carbonyl (C=O) groups excluding carboxylic acids is 3. The van der Waals surface area contributed by atoms with Crippen LogP contribution in [0.25, 0.3) is 0 Å². The maximum absolute atomic E-state index is 13.6. The number of aryl methyl sites for hydroxylation is 1. The molecule has 0 saturated carbocycles. The van der Waals surface area contributed by atoms with Crippen molar-refractivity contribution >= 4 is 23.4 Å². The Labute approximate surface area is 170 Å². The molecular formula is C22H27N3O4. The summed E-state index contributed by atoms with van der Waals surface area (Å²) in [5.74, 6) is -1.54. The molecule has 1 aromatic rings. The van der Waals surface area contributed by atoms with Gasteiger partial charge in [-0.1, -0.05) is 19.1 Å². The highest BCUT2D eigenvalue weighted by Gasteiger charge is 2.74. The number of ether oxygens (including phenoxy) is 1. The number of likely N-dealkylation sites (tertiary alicyclic amines) is 1. The Bertz CT molecular complexity index is 900. The first-order valence-corrected chi connectivity index (χ1v) is 10.6. The van der Waals surface area contributed by atoms with Crippen molar-refractivity contribution in [1.82, 2.24) is 9.80 Å². The van der Waals surface area contributed by atoms with Crippen LogP contribution < -0.4 is 5.32 Å². The lowest BCUT2D eigenvalue weighted by Crippen LogP contribution is -2.54. The SMILES string of the molecule is CCc1ccc2c(c1)C1(C(=O)N2)C2C(=O)N(CCCOC)C(=O)C2C2CCCN21. The number of anilines is 1. The number of carbonyl (C=O) groups is 3. The summed E-state index contributed by atoms with van der Waals surface area (Å²) >= 11 is 0. The topological polar surface area (TPSA) is 79.0 Å². The van der Waals surface area contributed by atoms with Crippen LogP contribution in [-0.2, 0) is 31.1 Å². The number of nitrogens with one attached hydrogen (secondary N) is 1. The molecule has 154 valence electrons. The molecule has 4 atom stereocenters. The number of rotatable bonds is 5. The fourth-order valence-electron chi connectivity index (χ4n) is 6.12. The molecule has 3 fully saturated rings. The van der Waals surface area contributed by atoms with Crippen LogP contribution >= 0.6 is 0 Å². The molecule has 29 heavy (non-hydrogen) atoms. The van der Waals surface area contributed by atoms with Crippen LogP contribution in [0.2, 0.25) is 0 Å². The first kappa shape index (κ1) is 18.8. The van der Waals surface area contributed by atoms with E-state index in [0.717, 1.165) is 42.6 Å². The summed E-state index contributed by atoms with van der Waals surface area (Å²) in [4.78, 5) is 43.9. The predicted molar refractivity (Wildman–Crippen MR) is 106 cm³/mol. The van der Waals surface area contributed by atoms with E-state index >= 15 is 0 Å². The Kier molecular flexibility index (Phi) is 4.29. The Morgan fingerprint density at radius 2 is 2.07 bits per heavy atom. The van der Waals surface area contributed by atoms with Crippen LogP contribution in [0.15, 0.2) is 18.2 Å². The molecule has 0 radical (unpaired) electrons. The number of nitrogens with zero attached hydrogens (tertiary/aromatic N) is 2. The first-order valence-electron chi connectivity index (χ1n) is 10.6. The highest BCUT2D eigenvalue weighted by molar-refractivity contribution is 6.15. The average Bonchev–Trinajstić information content (AvgIpc) is 3.42. The van der Waals surface area contributed by atoms with Gasteiger partial charge in [0.1, 0.15) is 5.54 Å². The number of methoxy groups -OCH3 is 1. The number of amides is 3. The van der Waals surface area contributed by atoms with E-state index in [0.29, 0.717) is 19.6 Å². The van der Waals surface area contributed by atoms with Gasteiger partial charge in [0.25, 0.3) is 0 Å². The van der Waals surface area contributed by atoms with Gasteiger partial charge < -0.3 is 10.1 Å². The molecule has 1 N–H and O–H groups in total. The summed E-state index contributed by atoms with van der Waals surface area (Å²) in [5.41, 5.74) is 1.72. The van der Waals surface area contributed by atoms with E-state index in [1.807, 2.05) is 12.1 Å². The van der Waals surface area contributed by atoms with E-state index in [4.69, 9.17) is 4.74 Å². The monoisotopic (exact) mass is 397 g/mol. The lowest BCUT2D eigenvalue weighted by atomic mass is 9.75. The fourth-order valence-corrected chi connectivity index (χ4v) is 6.12. The van der Waals surface area contributed by atoms with Gasteiger partial charge in [-0.3, -0.25) is 24.2 Å². The molecule has 4 aliphatic rings. The molecule has 0 aromatic heterocycles. The molecular weight excluding hydrogens is 370 g/mol. The van der Waals surface area contributed by atoms with Gasteiger partial charge >= 0.3 is 0 Å². The molecule has 0 bridgehead atoms. The third-order valence-corrected chi connectivity index (χ3v) is 7.29. The molecule has 0 aliphatic carbocycles. The van der Waals surface area contributed by atoms with Crippen LogP contribution in [0.5, 0.6) is 0 Å². The predicted octanol–water partition coefficient (Wildman–Crippen LogP) is 1.51. The van der Waals surface area contributed by atoms with Gasteiger partial charge in [-0.25, -0.2) is 0 Å². The van der Waals surface area contributed by atoms with Crippen LogP contribution in [0, 0.1) is 11.8 Å². The van der Waals surface area contributed by atoms with Crippen LogP contribution in [-0.4, -0.2) is 60.4 Å². The third-order valence-electron chi connectivity index (χ3n) is 7.29. The molecule has 3 saturated heterocycles. The van der Waals surface area contributed by atoms with Crippen molar-refractivity contribution in [2.75, 3.05) is 32.1 Å². The summed E-state index contributed by atoms with van der Waals surface area (Å²) in [5, 5.41) is 3.03. The van der Waals surface area contributed by atoms with Crippen LogP contribution in [0.1, 0.15) is 37.3 Å². The Morgan fingerprint density at radius 1 is 1.24 bits per heavy atom. The number of hydrogen-bond acceptors (Lipinski definition) is 5. The Hall–Kier alpha value is -2.25. The fraction of sp³-hybridized carbons (Fsp3) is 0.591. The van der Waals surface area contributed by atoms with Gasteiger partial charge in [-0.2, -0.15) is 0 Å². The van der Waals surface area contributed by atoms with Crippen molar-refractivity contribution in [3.8, 4) is 0 Å². The van der Waals surface area contributed by atoms with Crippen molar-refractivity contribution < 1.29 is 19.1 Å². The lowest BCUT2D eigenvalue weighted by Gasteiger charge is -2.36. The third kappa shape index (κ3) is 2.28. The quantitative estimate of drug-likeness (QED) is 0.602. The Balaban J connectivity index is 1.63. The van der Waals surface area contributed by atoms with E-state index < -0.39 is 17.4 Å². The van der Waals surface area contributed by atoms with E-state index in [1.165, 1.54) is 4.90 Å². The highest BCUT2D eigenvalue weighted by Crippen LogP contribution is 2.60. The number of fused-ring (bicyclic) bond motifs is 7. The molecule has 1 spiro atoms. The van der Waals surface area contributed by atoms with Crippen molar-refractivity contribution in [1.29, 1.82) is 0 Å². The summed E-state index contributed by atoms with van der Waals surface area (Å²) in [7, 11) is 1.61. The zero-order valence-corrected chi connectivity index (χ0v) is 16.9. The second-order valence-corrected chi connectivity index (χ2v) is 8.53. The summed E-state index contributed by atoms with van der Waals surface area (Å²) < 4.78 is 5.10. The number of imide groups is 1. The van der Waals surface area contributed by atoms with Gasteiger partial charge in [0, 0.05) is 37.6 Å². The highest BCUT2D eigenvalue weighted by atomic mass is 16.5. The number of hydrogen-bond donors (Lipinski definition) is 1. The van der Waals surface area contributed by atoms with Crippen LogP contribution in [0.3, 0.4) is 0 Å². The minimum atomic E-state index is -1.06. The van der Waals surface area contributed by atoms with E-state index in [2.05, 4.69) is 23.2 Å². The van der Waals surface area contributed by atoms with Crippen LogP contribution in [0.4, 0.5) is 5.69 Å². The molecule has 7 heteroatoms. The second kappa shape index (κ2) is 6.64. The summed E-state index contributed by atoms with van der Waals surface area (Å²) in [6.45, 7) is 3.67. The lowest BCUT2D eigenvalue weighted by molar-refractivity contribution is -0.145. The van der Waals surface area contributed by atoms with Gasteiger partial charge in [-0.15, -0.1) is 0 Å². The van der Waals surface area contributed by atoms with Gasteiger partial charge in [0.15, 0.2) is 0 Å². The van der Waals surface area contributed by atoms with Gasteiger partial charge in [-0.05, 0) is 43.9 Å². The molecule has 4 unspecified atom stereocenters. The first-order chi connectivity index (χ1) is 14.1. The summed E-state index contributed by atoms with van der Waals surface area (Å²) in [6, 6.07) is 5.98. The van der Waals surface area contributed by atoms with E-state index in [9.17, 15) is 14.4 Å². The maximum atomic E-state index is 13.6. The normalized spacial score (nSPS) is 32.8. The van der Waals surface area contributed by atoms with Gasteiger partial charge in [0.05, 0.1) is 11.8 Å². The van der Waals surface area contributed by atoms with Gasteiger partial charge in [0.2, 0.25) is 17.7 Å². The molecule has 3 amide bonds. The van der Waals surface area contributed by atoms with E-state index in [-0.39, 0.29) is 23.8 Å².